The van der Waals surface area contributed by atoms with Crippen molar-refractivity contribution in [3.63, 3.8) is 0 Å². The number of carbonyl (C=O) groups is 2. The Bertz CT molecular complexity index is 576. The normalized spacial score (nSPS) is 20.3. The van der Waals surface area contributed by atoms with E-state index in [1.807, 2.05) is 30.0 Å². The first-order chi connectivity index (χ1) is 11.7. The van der Waals surface area contributed by atoms with Gasteiger partial charge in [-0.25, -0.2) is 0 Å². The molecule has 0 aromatic heterocycles. The van der Waals surface area contributed by atoms with Crippen molar-refractivity contribution >= 4 is 11.8 Å². The molecule has 0 spiro atoms. The van der Waals surface area contributed by atoms with Gasteiger partial charge in [-0.2, -0.15) is 0 Å². The molecule has 2 aliphatic rings. The Hall–Kier alpha value is -1.88. The zero-order chi connectivity index (χ0) is 17.0. The molecule has 2 fully saturated rings. The summed E-state index contributed by atoms with van der Waals surface area (Å²) in [7, 11) is 0. The van der Waals surface area contributed by atoms with Gasteiger partial charge in [0.1, 0.15) is 0 Å². The van der Waals surface area contributed by atoms with Crippen LogP contribution in [0.4, 0.5) is 0 Å². The van der Waals surface area contributed by atoms with Gasteiger partial charge < -0.3 is 10.2 Å². The maximum absolute atomic E-state index is 13.2. The van der Waals surface area contributed by atoms with Crippen molar-refractivity contribution in [3.05, 3.63) is 35.9 Å². The van der Waals surface area contributed by atoms with Crippen LogP contribution in [0.15, 0.2) is 30.3 Å². The van der Waals surface area contributed by atoms with E-state index in [0.717, 1.165) is 37.9 Å². The van der Waals surface area contributed by atoms with Gasteiger partial charge in [-0.05, 0) is 25.3 Å². The van der Waals surface area contributed by atoms with Crippen LogP contribution in [0.2, 0.25) is 0 Å². The quantitative estimate of drug-likeness (QED) is 0.888. The number of likely N-dealkylation sites (N-methyl/N-ethyl adjacent to an activating group) is 1. The van der Waals surface area contributed by atoms with Gasteiger partial charge in [0.2, 0.25) is 11.8 Å². The van der Waals surface area contributed by atoms with Gasteiger partial charge in [0.15, 0.2) is 0 Å². The molecule has 5 nitrogen and oxygen atoms in total. The van der Waals surface area contributed by atoms with Gasteiger partial charge in [0.05, 0.1) is 12.0 Å². The fourth-order valence-electron chi connectivity index (χ4n) is 3.78. The molecule has 1 aliphatic heterocycles. The summed E-state index contributed by atoms with van der Waals surface area (Å²) in [5.41, 5.74) is 0.856. The molecule has 1 N–H and O–H groups in total. The Morgan fingerprint density at radius 1 is 1.08 bits per heavy atom. The number of nitrogens with one attached hydrogen (secondary N) is 1. The van der Waals surface area contributed by atoms with Crippen molar-refractivity contribution in [2.24, 2.45) is 0 Å². The lowest BCUT2D eigenvalue weighted by atomic mass is 9.63. The summed E-state index contributed by atoms with van der Waals surface area (Å²) in [6.07, 6.45) is 3.03. The van der Waals surface area contributed by atoms with E-state index in [0.29, 0.717) is 26.2 Å². The second-order valence-corrected chi connectivity index (χ2v) is 6.82. The first kappa shape index (κ1) is 17.0. The van der Waals surface area contributed by atoms with Crippen molar-refractivity contribution in [1.29, 1.82) is 0 Å². The molecule has 0 atom stereocenters. The van der Waals surface area contributed by atoms with Crippen LogP contribution in [0, 0.1) is 0 Å². The lowest BCUT2D eigenvalue weighted by Gasteiger charge is -2.46. The van der Waals surface area contributed by atoms with Crippen molar-refractivity contribution in [1.82, 2.24) is 15.1 Å². The van der Waals surface area contributed by atoms with Gasteiger partial charge in [-0.15, -0.1) is 0 Å². The minimum absolute atomic E-state index is 0.0667. The highest BCUT2D eigenvalue weighted by Crippen LogP contribution is 2.45. The molecule has 1 heterocycles. The Kier molecular flexibility index (Phi) is 5.19. The minimum Gasteiger partial charge on any atom is -0.355 e. The number of hydrogen-bond acceptors (Lipinski definition) is 3. The highest BCUT2D eigenvalue weighted by atomic mass is 16.2. The number of amides is 2. The van der Waals surface area contributed by atoms with E-state index in [-0.39, 0.29) is 17.2 Å². The molecule has 1 aliphatic carbocycles. The number of nitrogens with zero attached hydrogens (tertiary/aromatic N) is 2. The predicted molar refractivity (Wildman–Crippen MR) is 93.7 cm³/mol. The van der Waals surface area contributed by atoms with E-state index >= 15 is 0 Å². The van der Waals surface area contributed by atoms with Crippen LogP contribution in [0.25, 0.3) is 0 Å². The van der Waals surface area contributed by atoms with E-state index in [2.05, 4.69) is 22.3 Å². The topological polar surface area (TPSA) is 52.7 Å². The molecule has 0 radical (unpaired) electrons. The van der Waals surface area contributed by atoms with Gasteiger partial charge in [-0.1, -0.05) is 36.8 Å². The van der Waals surface area contributed by atoms with Gasteiger partial charge in [0, 0.05) is 32.7 Å². The van der Waals surface area contributed by atoms with Crippen molar-refractivity contribution < 1.29 is 9.59 Å². The van der Waals surface area contributed by atoms with Crippen molar-refractivity contribution in [2.45, 2.75) is 31.6 Å². The fraction of sp³-hybridized carbons (Fsp3) is 0.579. The predicted octanol–water partition coefficient (Wildman–Crippen LogP) is 1.39. The number of benzene rings is 1. The van der Waals surface area contributed by atoms with Crippen LogP contribution in [0.5, 0.6) is 0 Å². The summed E-state index contributed by atoms with van der Waals surface area (Å²) in [5, 5.41) is 2.83. The maximum atomic E-state index is 13.2. The third-order valence-corrected chi connectivity index (χ3v) is 5.34. The molecule has 0 unspecified atom stereocenters. The van der Waals surface area contributed by atoms with E-state index in [1.165, 1.54) is 0 Å². The fourth-order valence-corrected chi connectivity index (χ4v) is 3.78. The lowest BCUT2D eigenvalue weighted by molar-refractivity contribution is -0.142. The molecular formula is C19H27N3O2. The molecule has 3 rings (SSSR count). The van der Waals surface area contributed by atoms with Crippen LogP contribution in [-0.4, -0.2) is 60.9 Å². The van der Waals surface area contributed by atoms with Crippen LogP contribution >= 0.6 is 0 Å². The highest BCUT2D eigenvalue weighted by molar-refractivity contribution is 5.89. The summed E-state index contributed by atoms with van der Waals surface area (Å²) in [6, 6.07) is 10.2. The van der Waals surface area contributed by atoms with Gasteiger partial charge >= 0.3 is 0 Å². The van der Waals surface area contributed by atoms with Crippen molar-refractivity contribution in [3.8, 4) is 0 Å². The molecule has 5 heteroatoms. The number of piperazine rings is 1. The second kappa shape index (κ2) is 7.34. The minimum atomic E-state index is -0.303. The van der Waals surface area contributed by atoms with Crippen molar-refractivity contribution in [2.75, 3.05) is 39.3 Å². The molecule has 1 aromatic carbocycles. The van der Waals surface area contributed by atoms with E-state index < -0.39 is 0 Å². The van der Waals surface area contributed by atoms with Gasteiger partial charge in [-0.3, -0.25) is 14.5 Å². The zero-order valence-corrected chi connectivity index (χ0v) is 14.5. The second-order valence-electron chi connectivity index (χ2n) is 6.82. The van der Waals surface area contributed by atoms with E-state index in [9.17, 15) is 9.59 Å². The summed E-state index contributed by atoms with van der Waals surface area (Å²) >= 11 is 0. The number of rotatable bonds is 5. The largest absolute Gasteiger partial charge is 0.355 e. The smallest absolute Gasteiger partial charge is 0.234 e. The molecule has 130 valence electrons. The van der Waals surface area contributed by atoms with E-state index in [4.69, 9.17) is 0 Å². The Morgan fingerprint density at radius 2 is 1.75 bits per heavy atom. The van der Waals surface area contributed by atoms with Gasteiger partial charge in [0.25, 0.3) is 0 Å². The molecule has 24 heavy (non-hydrogen) atoms. The molecule has 2 amide bonds. The lowest BCUT2D eigenvalue weighted by Crippen LogP contribution is -2.57. The average molecular weight is 329 g/mol. The third kappa shape index (κ3) is 3.31. The maximum Gasteiger partial charge on any atom is 0.234 e. The number of hydrogen-bond donors (Lipinski definition) is 1. The van der Waals surface area contributed by atoms with Crippen LogP contribution in [0.3, 0.4) is 0 Å². The monoisotopic (exact) mass is 329 g/mol. The standard InChI is InChI=1S/C19H27N3O2/c1-2-20-17(23)15-21-11-13-22(14-12-21)18(24)19(9-6-10-19)16-7-4-3-5-8-16/h3-5,7-8H,2,6,9-15H2,1H3,(H,20,23). The Labute approximate surface area is 144 Å². The van der Waals surface area contributed by atoms with Crippen LogP contribution < -0.4 is 5.32 Å². The zero-order valence-electron chi connectivity index (χ0n) is 14.5. The summed E-state index contributed by atoms with van der Waals surface area (Å²) in [6.45, 7) is 5.99. The molecule has 0 bridgehead atoms. The third-order valence-electron chi connectivity index (χ3n) is 5.34. The first-order valence-electron chi connectivity index (χ1n) is 8.99. The summed E-state index contributed by atoms with van der Waals surface area (Å²) in [5.74, 6) is 0.342. The summed E-state index contributed by atoms with van der Waals surface area (Å²) < 4.78 is 0. The average Bonchev–Trinajstić information content (AvgIpc) is 2.55. The Balaban J connectivity index is 1.60. The first-order valence-corrected chi connectivity index (χ1v) is 8.99. The highest BCUT2D eigenvalue weighted by Gasteiger charge is 2.47. The molecule has 1 aromatic rings. The molecule has 1 saturated heterocycles. The van der Waals surface area contributed by atoms with Crippen LogP contribution in [-0.2, 0) is 15.0 Å². The number of carbonyl (C=O) groups excluding carboxylic acids is 2. The Morgan fingerprint density at radius 3 is 2.29 bits per heavy atom. The van der Waals surface area contributed by atoms with Crippen LogP contribution in [0.1, 0.15) is 31.7 Å². The summed E-state index contributed by atoms with van der Waals surface area (Å²) in [4.78, 5) is 29.0. The SMILES string of the molecule is CCNC(=O)CN1CCN(C(=O)C2(c3ccccc3)CCC2)CC1. The van der Waals surface area contributed by atoms with E-state index in [1.54, 1.807) is 0 Å². The molecular weight excluding hydrogens is 302 g/mol. The molecule has 1 saturated carbocycles.